The van der Waals surface area contributed by atoms with Gasteiger partial charge in [0.2, 0.25) is 0 Å². The fraction of sp³-hybridized carbons (Fsp3) is 0.208. The second-order valence-corrected chi connectivity index (χ2v) is 7.38. The molecule has 0 aliphatic heterocycles. The lowest BCUT2D eigenvalue weighted by Crippen LogP contribution is -2.45. The number of Topliss-reactive ketones (excluding diaryl/α,β-unsaturated/α-hetero) is 2. The summed E-state index contributed by atoms with van der Waals surface area (Å²) >= 11 is 0. The Hall–Kier alpha value is -3.39. The van der Waals surface area contributed by atoms with Gasteiger partial charge in [-0.2, -0.15) is 5.26 Å². The van der Waals surface area contributed by atoms with E-state index in [0.717, 1.165) is 5.57 Å². The normalized spacial score (nSPS) is 21.8. The molecule has 4 rings (SSSR count). The molecule has 2 aromatic carbocycles. The Morgan fingerprint density at radius 1 is 0.897 bits per heavy atom. The zero-order valence-corrected chi connectivity index (χ0v) is 15.4. The van der Waals surface area contributed by atoms with Gasteiger partial charge in [-0.15, -0.1) is 0 Å². The maximum atomic E-state index is 13.7. The van der Waals surface area contributed by atoms with Crippen LogP contribution in [0.1, 0.15) is 33.6 Å². The molecule has 29 heavy (non-hydrogen) atoms. The van der Waals surface area contributed by atoms with Crippen LogP contribution in [0.15, 0.2) is 72.3 Å². The number of fused-ring (bicyclic) bond motifs is 1. The first kappa shape index (κ1) is 18.9. The van der Waals surface area contributed by atoms with Gasteiger partial charge in [0.15, 0.2) is 11.6 Å². The highest BCUT2D eigenvalue weighted by Gasteiger charge is 2.55. The highest BCUT2D eigenvalue weighted by Crippen LogP contribution is 2.52. The molecule has 0 aromatic heterocycles. The van der Waals surface area contributed by atoms with Gasteiger partial charge in [0.25, 0.3) is 0 Å². The average molecular weight is 389 g/mol. The van der Waals surface area contributed by atoms with Crippen molar-refractivity contribution in [2.45, 2.75) is 12.8 Å². The molecule has 5 heteroatoms. The van der Waals surface area contributed by atoms with Crippen LogP contribution >= 0.6 is 0 Å². The van der Waals surface area contributed by atoms with Gasteiger partial charge in [0, 0.05) is 17.0 Å². The topological polar surface area (TPSA) is 57.9 Å². The Morgan fingerprint density at radius 3 is 1.90 bits per heavy atom. The predicted octanol–water partition coefficient (Wildman–Crippen LogP) is 5.06. The van der Waals surface area contributed by atoms with E-state index in [4.69, 9.17) is 0 Å². The minimum Gasteiger partial charge on any atom is -0.293 e. The van der Waals surface area contributed by atoms with Gasteiger partial charge in [0.1, 0.15) is 17.0 Å². The van der Waals surface area contributed by atoms with Crippen LogP contribution in [0.4, 0.5) is 8.78 Å². The van der Waals surface area contributed by atoms with Crippen LogP contribution in [-0.2, 0) is 0 Å². The molecule has 144 valence electrons. The van der Waals surface area contributed by atoms with Gasteiger partial charge < -0.3 is 0 Å². The van der Waals surface area contributed by atoms with Crippen LogP contribution in [0.3, 0.4) is 0 Å². The Labute approximate surface area is 167 Å². The van der Waals surface area contributed by atoms with E-state index in [0.29, 0.717) is 12.8 Å². The maximum absolute atomic E-state index is 13.7. The molecule has 2 atom stereocenters. The quantitative estimate of drug-likeness (QED) is 0.542. The van der Waals surface area contributed by atoms with Crippen molar-refractivity contribution in [3.8, 4) is 6.07 Å². The lowest BCUT2D eigenvalue weighted by Gasteiger charge is -2.37. The molecule has 2 aliphatic rings. The molecule has 0 N–H and O–H groups in total. The number of hydrogen-bond acceptors (Lipinski definition) is 3. The van der Waals surface area contributed by atoms with E-state index in [1.54, 1.807) is 18.2 Å². The number of carbonyl (C=O) groups excluding carboxylic acids is 2. The second-order valence-electron chi connectivity index (χ2n) is 7.38. The van der Waals surface area contributed by atoms with E-state index < -0.39 is 34.5 Å². The highest BCUT2D eigenvalue weighted by atomic mass is 19.1. The maximum Gasteiger partial charge on any atom is 0.181 e. The molecule has 3 nitrogen and oxygen atoms in total. The van der Waals surface area contributed by atoms with Crippen LogP contribution in [0.5, 0.6) is 0 Å². The summed E-state index contributed by atoms with van der Waals surface area (Å²) in [6, 6.07) is 12.4. The van der Waals surface area contributed by atoms with E-state index in [1.165, 1.54) is 48.5 Å². The van der Waals surface area contributed by atoms with Crippen LogP contribution in [0, 0.1) is 40.2 Å². The van der Waals surface area contributed by atoms with Crippen molar-refractivity contribution in [2.24, 2.45) is 17.3 Å². The van der Waals surface area contributed by atoms with E-state index in [2.05, 4.69) is 6.07 Å². The highest BCUT2D eigenvalue weighted by molar-refractivity contribution is 6.22. The minimum atomic E-state index is -1.55. The van der Waals surface area contributed by atoms with Crippen LogP contribution in [0.25, 0.3) is 0 Å². The largest absolute Gasteiger partial charge is 0.293 e. The monoisotopic (exact) mass is 389 g/mol. The molecule has 0 saturated heterocycles. The molecule has 1 fully saturated rings. The first-order valence-electron chi connectivity index (χ1n) is 9.37. The number of carbonyl (C=O) groups is 2. The molecule has 2 aromatic rings. The summed E-state index contributed by atoms with van der Waals surface area (Å²) < 4.78 is 26.8. The summed E-state index contributed by atoms with van der Waals surface area (Å²) in [5.41, 5.74) is -0.354. The van der Waals surface area contributed by atoms with E-state index in [9.17, 15) is 23.6 Å². The summed E-state index contributed by atoms with van der Waals surface area (Å²) in [7, 11) is 0. The Balaban J connectivity index is 1.87. The molecule has 0 bridgehead atoms. The van der Waals surface area contributed by atoms with Gasteiger partial charge in [-0.3, -0.25) is 9.59 Å². The van der Waals surface area contributed by atoms with Crippen LogP contribution in [0.2, 0.25) is 0 Å². The third-order valence-corrected chi connectivity index (χ3v) is 5.87. The van der Waals surface area contributed by atoms with Crippen LogP contribution in [-0.4, -0.2) is 11.6 Å². The fourth-order valence-corrected chi connectivity index (χ4v) is 4.45. The number of nitriles is 1. The lowest BCUT2D eigenvalue weighted by molar-refractivity contribution is 0.0662. The molecule has 0 amide bonds. The standard InChI is InChI=1S/C24H17F2NO2/c25-18-8-3-15(4-9-18)22(28)24(23(29)16-5-10-19(26)11-6-16)13-1-2-20-17(14-27)7-12-21(20)24/h1-6,8-11,13,17,21H,7,12H2. The average Bonchev–Trinajstić information content (AvgIpc) is 3.17. The fourth-order valence-electron chi connectivity index (χ4n) is 4.45. The SMILES string of the molecule is N#CC1CCC2C1=CC=CC2(C(=O)c1ccc(F)cc1)C(=O)c1ccc(F)cc1. The summed E-state index contributed by atoms with van der Waals surface area (Å²) in [6.07, 6.45) is 6.10. The molecule has 0 heterocycles. The zero-order chi connectivity index (χ0) is 20.6. The predicted molar refractivity (Wildman–Crippen MR) is 103 cm³/mol. The van der Waals surface area contributed by atoms with Crippen molar-refractivity contribution in [3.63, 3.8) is 0 Å². The third kappa shape index (κ3) is 3.01. The van der Waals surface area contributed by atoms with E-state index in [1.807, 2.05) is 0 Å². The molecule has 2 unspecified atom stereocenters. The van der Waals surface area contributed by atoms with Gasteiger partial charge in [-0.25, -0.2) is 8.78 Å². The number of hydrogen-bond donors (Lipinski definition) is 0. The number of halogens is 2. The first-order valence-corrected chi connectivity index (χ1v) is 9.37. The van der Waals surface area contributed by atoms with Gasteiger partial charge in [-0.1, -0.05) is 18.2 Å². The molecular formula is C24H17F2NO2. The van der Waals surface area contributed by atoms with Crippen molar-refractivity contribution in [1.82, 2.24) is 0 Å². The summed E-state index contributed by atoms with van der Waals surface area (Å²) in [6.45, 7) is 0. The second kappa shape index (κ2) is 7.21. The number of benzene rings is 2. The lowest BCUT2D eigenvalue weighted by atomic mass is 9.62. The van der Waals surface area contributed by atoms with Crippen molar-refractivity contribution >= 4 is 11.6 Å². The number of allylic oxidation sites excluding steroid dienone is 4. The minimum absolute atomic E-state index is 0.216. The molecule has 0 spiro atoms. The third-order valence-electron chi connectivity index (χ3n) is 5.87. The van der Waals surface area contributed by atoms with Crippen molar-refractivity contribution in [3.05, 3.63) is 95.1 Å². The molecular weight excluding hydrogens is 372 g/mol. The Kier molecular flexibility index (Phi) is 4.71. The van der Waals surface area contributed by atoms with Crippen molar-refractivity contribution < 1.29 is 18.4 Å². The van der Waals surface area contributed by atoms with Crippen LogP contribution < -0.4 is 0 Å². The Bertz CT molecular complexity index is 1020. The number of nitrogens with zero attached hydrogens (tertiary/aromatic N) is 1. The Morgan fingerprint density at radius 2 is 1.41 bits per heavy atom. The van der Waals surface area contributed by atoms with Gasteiger partial charge in [0.05, 0.1) is 12.0 Å². The molecule has 1 saturated carbocycles. The number of ketones is 2. The van der Waals surface area contributed by atoms with Crippen molar-refractivity contribution in [1.29, 1.82) is 5.26 Å². The first-order chi connectivity index (χ1) is 14.0. The summed E-state index contributed by atoms with van der Waals surface area (Å²) in [5, 5.41) is 9.48. The summed E-state index contributed by atoms with van der Waals surface area (Å²) in [4.78, 5) is 27.3. The molecule has 0 radical (unpaired) electrons. The van der Waals surface area contributed by atoms with Gasteiger partial charge >= 0.3 is 0 Å². The smallest absolute Gasteiger partial charge is 0.181 e. The molecule has 2 aliphatic carbocycles. The van der Waals surface area contributed by atoms with Gasteiger partial charge in [-0.05, 0) is 66.9 Å². The van der Waals surface area contributed by atoms with E-state index >= 15 is 0 Å². The zero-order valence-electron chi connectivity index (χ0n) is 15.4. The van der Waals surface area contributed by atoms with Crippen molar-refractivity contribution in [2.75, 3.05) is 0 Å². The summed E-state index contributed by atoms with van der Waals surface area (Å²) in [5.74, 6) is -2.68. The van der Waals surface area contributed by atoms with E-state index in [-0.39, 0.29) is 17.0 Å². The number of rotatable bonds is 4.